The quantitative estimate of drug-likeness (QED) is 0.735. The number of nitrogens with zero attached hydrogens (tertiary/aromatic N) is 5. The lowest BCUT2D eigenvalue weighted by molar-refractivity contribution is 0.861. The number of nitrogens with two attached hydrogens (primary N) is 1. The Kier molecular flexibility index (Phi) is 2.25. The Morgan fingerprint density at radius 3 is 2.76 bits per heavy atom. The molecule has 0 bridgehead atoms. The van der Waals surface area contributed by atoms with E-state index in [1.165, 1.54) is 6.33 Å². The summed E-state index contributed by atoms with van der Waals surface area (Å²) in [6, 6.07) is 3.73. The van der Waals surface area contributed by atoms with Crippen molar-refractivity contribution in [2.24, 2.45) is 0 Å². The van der Waals surface area contributed by atoms with E-state index in [1.807, 2.05) is 12.1 Å². The average molecular weight is 291 g/mol. The maximum absolute atomic E-state index is 5.74. The molecule has 0 spiro atoms. The van der Waals surface area contributed by atoms with Crippen molar-refractivity contribution in [3.63, 3.8) is 0 Å². The van der Waals surface area contributed by atoms with Gasteiger partial charge in [0, 0.05) is 10.7 Å². The third-order valence-electron chi connectivity index (χ3n) is 2.33. The van der Waals surface area contributed by atoms with Crippen LogP contribution in [0.3, 0.4) is 0 Å². The maximum atomic E-state index is 5.74. The molecule has 0 radical (unpaired) electrons. The predicted octanol–water partition coefficient (Wildman–Crippen LogP) is 1.56. The number of halogens is 1. The van der Waals surface area contributed by atoms with Crippen molar-refractivity contribution < 1.29 is 0 Å². The minimum Gasteiger partial charge on any atom is -0.383 e. The van der Waals surface area contributed by atoms with Gasteiger partial charge in [-0.05, 0) is 28.1 Å². The first-order chi connectivity index (χ1) is 8.25. The summed E-state index contributed by atoms with van der Waals surface area (Å²) in [5, 5.41) is 4.93. The van der Waals surface area contributed by atoms with Crippen LogP contribution in [-0.2, 0) is 0 Å². The third-order valence-corrected chi connectivity index (χ3v) is 2.79. The van der Waals surface area contributed by atoms with E-state index >= 15 is 0 Å². The number of rotatable bonds is 1. The lowest BCUT2D eigenvalue weighted by atomic mass is 10.4. The summed E-state index contributed by atoms with van der Waals surface area (Å²) in [6.07, 6.45) is 4.75. The zero-order valence-electron chi connectivity index (χ0n) is 8.58. The number of aromatic nitrogens is 5. The van der Waals surface area contributed by atoms with E-state index in [2.05, 4.69) is 36.0 Å². The van der Waals surface area contributed by atoms with Crippen LogP contribution in [0.2, 0.25) is 0 Å². The van der Waals surface area contributed by atoms with Crippen LogP contribution in [0.4, 0.5) is 5.82 Å². The van der Waals surface area contributed by atoms with Crippen molar-refractivity contribution in [3.8, 4) is 5.82 Å². The zero-order chi connectivity index (χ0) is 11.8. The molecule has 3 heterocycles. The van der Waals surface area contributed by atoms with E-state index in [0.717, 1.165) is 9.86 Å². The fraction of sp³-hybridized carbons (Fsp3) is 0. The summed E-state index contributed by atoms with van der Waals surface area (Å²) in [5.41, 5.74) is 6.39. The first-order valence-corrected chi connectivity index (χ1v) is 5.61. The molecule has 0 aliphatic rings. The van der Waals surface area contributed by atoms with Gasteiger partial charge in [-0.15, -0.1) is 0 Å². The molecule has 0 aliphatic carbocycles. The van der Waals surface area contributed by atoms with Gasteiger partial charge in [-0.1, -0.05) is 0 Å². The highest BCUT2D eigenvalue weighted by Crippen LogP contribution is 2.18. The van der Waals surface area contributed by atoms with Gasteiger partial charge in [0.15, 0.2) is 11.5 Å². The molecule has 17 heavy (non-hydrogen) atoms. The second kappa shape index (κ2) is 3.77. The summed E-state index contributed by atoms with van der Waals surface area (Å²) in [4.78, 5) is 12.3. The largest absolute Gasteiger partial charge is 0.383 e. The normalized spacial score (nSPS) is 10.9. The molecule has 3 rings (SSSR count). The smallest absolute Gasteiger partial charge is 0.170 e. The monoisotopic (exact) mass is 290 g/mol. The van der Waals surface area contributed by atoms with Crippen LogP contribution in [0.15, 0.2) is 35.3 Å². The molecule has 0 saturated heterocycles. The summed E-state index contributed by atoms with van der Waals surface area (Å²) in [7, 11) is 0. The molecule has 0 saturated carbocycles. The SMILES string of the molecule is Nc1ncnc2c1cnn2-c1ccc(Br)cn1. The van der Waals surface area contributed by atoms with Gasteiger partial charge < -0.3 is 5.73 Å². The Morgan fingerprint density at radius 1 is 1.12 bits per heavy atom. The summed E-state index contributed by atoms with van der Waals surface area (Å²) in [5.74, 6) is 1.10. The van der Waals surface area contributed by atoms with Crippen molar-refractivity contribution in [3.05, 3.63) is 35.3 Å². The second-order valence-corrected chi connectivity index (χ2v) is 4.30. The first kappa shape index (κ1) is 10.2. The van der Waals surface area contributed by atoms with E-state index in [9.17, 15) is 0 Å². The van der Waals surface area contributed by atoms with Crippen LogP contribution in [0, 0.1) is 0 Å². The Balaban J connectivity index is 2.24. The highest BCUT2D eigenvalue weighted by molar-refractivity contribution is 9.10. The summed E-state index contributed by atoms with van der Waals surface area (Å²) in [6.45, 7) is 0. The number of anilines is 1. The molecule has 7 heteroatoms. The number of hydrogen-bond donors (Lipinski definition) is 1. The molecule has 0 aromatic carbocycles. The molecule has 2 N–H and O–H groups in total. The highest BCUT2D eigenvalue weighted by atomic mass is 79.9. The Labute approximate surface area is 105 Å². The molecule has 0 amide bonds. The fourth-order valence-electron chi connectivity index (χ4n) is 1.52. The fourth-order valence-corrected chi connectivity index (χ4v) is 1.76. The van der Waals surface area contributed by atoms with Gasteiger partial charge in [-0.3, -0.25) is 0 Å². The van der Waals surface area contributed by atoms with E-state index in [-0.39, 0.29) is 0 Å². The Hall–Kier alpha value is -2.02. The molecular formula is C10H7BrN6. The molecule has 0 aliphatic heterocycles. The second-order valence-electron chi connectivity index (χ2n) is 3.39. The summed E-state index contributed by atoms with van der Waals surface area (Å²) >= 11 is 3.33. The number of nitrogen functional groups attached to an aromatic ring is 1. The molecule has 0 unspecified atom stereocenters. The van der Waals surface area contributed by atoms with E-state index in [0.29, 0.717) is 17.3 Å². The maximum Gasteiger partial charge on any atom is 0.170 e. The van der Waals surface area contributed by atoms with E-state index < -0.39 is 0 Å². The molecule has 0 fully saturated rings. The van der Waals surface area contributed by atoms with Crippen molar-refractivity contribution in [2.45, 2.75) is 0 Å². The number of hydrogen-bond acceptors (Lipinski definition) is 5. The van der Waals surface area contributed by atoms with Gasteiger partial charge >= 0.3 is 0 Å². The van der Waals surface area contributed by atoms with Crippen molar-refractivity contribution in [2.75, 3.05) is 5.73 Å². The van der Waals surface area contributed by atoms with Gasteiger partial charge in [-0.2, -0.15) is 9.78 Å². The average Bonchev–Trinajstić information content (AvgIpc) is 2.75. The molecule has 0 atom stereocenters. The first-order valence-electron chi connectivity index (χ1n) is 4.82. The van der Waals surface area contributed by atoms with Gasteiger partial charge in [0.2, 0.25) is 0 Å². The van der Waals surface area contributed by atoms with Crippen molar-refractivity contribution in [1.82, 2.24) is 24.7 Å². The topological polar surface area (TPSA) is 82.5 Å². The number of fused-ring (bicyclic) bond motifs is 1. The minimum atomic E-state index is 0.415. The van der Waals surface area contributed by atoms with Crippen LogP contribution in [0.5, 0.6) is 0 Å². The number of pyridine rings is 1. The zero-order valence-corrected chi connectivity index (χ0v) is 10.2. The molecule has 84 valence electrons. The van der Waals surface area contributed by atoms with Crippen molar-refractivity contribution >= 4 is 32.8 Å². The van der Waals surface area contributed by atoms with Crippen LogP contribution >= 0.6 is 15.9 Å². The van der Waals surface area contributed by atoms with Crippen LogP contribution in [-0.4, -0.2) is 24.7 Å². The molecule has 6 nitrogen and oxygen atoms in total. The van der Waals surface area contributed by atoms with Crippen molar-refractivity contribution in [1.29, 1.82) is 0 Å². The summed E-state index contributed by atoms with van der Waals surface area (Å²) < 4.78 is 2.53. The van der Waals surface area contributed by atoms with Gasteiger partial charge in [-0.25, -0.2) is 15.0 Å². The highest BCUT2D eigenvalue weighted by Gasteiger charge is 2.09. The molecule has 3 aromatic heterocycles. The standard InChI is InChI=1S/C10H7BrN6/c11-6-1-2-8(13-3-6)17-10-7(4-16-17)9(12)14-5-15-10/h1-5H,(H2,12,14,15). The predicted molar refractivity (Wildman–Crippen MR) is 66.6 cm³/mol. The Bertz CT molecular complexity index is 675. The van der Waals surface area contributed by atoms with Gasteiger partial charge in [0.25, 0.3) is 0 Å². The Morgan fingerprint density at radius 2 is 2.00 bits per heavy atom. The van der Waals surface area contributed by atoms with Crippen LogP contribution in [0.1, 0.15) is 0 Å². The lowest BCUT2D eigenvalue weighted by Gasteiger charge is -2.01. The van der Waals surface area contributed by atoms with Crippen LogP contribution < -0.4 is 5.73 Å². The molecular weight excluding hydrogens is 284 g/mol. The lowest BCUT2D eigenvalue weighted by Crippen LogP contribution is -2.00. The minimum absolute atomic E-state index is 0.415. The van der Waals surface area contributed by atoms with Gasteiger partial charge in [0.05, 0.1) is 11.6 Å². The van der Waals surface area contributed by atoms with E-state index in [4.69, 9.17) is 5.73 Å². The molecule has 3 aromatic rings. The van der Waals surface area contributed by atoms with E-state index in [1.54, 1.807) is 17.1 Å². The van der Waals surface area contributed by atoms with Gasteiger partial charge in [0.1, 0.15) is 12.1 Å². The van der Waals surface area contributed by atoms with Crippen LogP contribution in [0.25, 0.3) is 16.9 Å². The third kappa shape index (κ3) is 1.64.